The van der Waals surface area contributed by atoms with Gasteiger partial charge in [0.15, 0.2) is 0 Å². The third kappa shape index (κ3) is 5.40. The van der Waals surface area contributed by atoms with E-state index in [9.17, 15) is 22.8 Å². The van der Waals surface area contributed by atoms with Gasteiger partial charge in [-0.1, -0.05) is 6.58 Å². The summed E-state index contributed by atoms with van der Waals surface area (Å²) < 4.78 is 46.4. The monoisotopic (exact) mass is 400 g/mol. The van der Waals surface area contributed by atoms with Crippen LogP contribution < -0.4 is 14.8 Å². The van der Waals surface area contributed by atoms with Crippen LogP contribution in [0.3, 0.4) is 0 Å². The second-order valence-corrected chi connectivity index (χ2v) is 6.83. The van der Waals surface area contributed by atoms with Crippen LogP contribution in [0.25, 0.3) is 0 Å². The first-order chi connectivity index (χ1) is 13.1. The molecule has 9 heteroatoms. The maximum absolute atomic E-state index is 12.7. The highest BCUT2D eigenvalue weighted by atomic mass is 19.4. The van der Waals surface area contributed by atoms with Crippen LogP contribution in [0.4, 0.5) is 13.2 Å². The Hall–Kier alpha value is -2.71. The van der Waals surface area contributed by atoms with E-state index in [4.69, 9.17) is 4.74 Å². The molecular weight excluding hydrogens is 377 g/mol. The number of piperidine rings is 1. The molecule has 0 aliphatic carbocycles. The third-order valence-corrected chi connectivity index (χ3v) is 4.66. The van der Waals surface area contributed by atoms with Crippen molar-refractivity contribution in [1.82, 2.24) is 10.2 Å². The Kier molecular flexibility index (Phi) is 6.58. The van der Waals surface area contributed by atoms with E-state index in [1.807, 2.05) is 0 Å². The van der Waals surface area contributed by atoms with E-state index in [0.717, 1.165) is 6.07 Å². The Morgan fingerprint density at radius 1 is 1.39 bits per heavy atom. The molecule has 28 heavy (non-hydrogen) atoms. The lowest BCUT2D eigenvalue weighted by atomic mass is 9.81. The van der Waals surface area contributed by atoms with Crippen molar-refractivity contribution in [2.45, 2.75) is 32.7 Å². The van der Waals surface area contributed by atoms with E-state index in [0.29, 0.717) is 30.7 Å². The molecule has 1 heterocycles. The SMILES string of the molecule is C=CC(=O)N1CCCC(C)(C(=O)NCc2cc(OC(F)(F)F)ccc2OC)C1. The fourth-order valence-electron chi connectivity index (χ4n) is 3.22. The summed E-state index contributed by atoms with van der Waals surface area (Å²) in [6, 6.07) is 3.65. The van der Waals surface area contributed by atoms with Crippen molar-refractivity contribution in [2.75, 3.05) is 20.2 Å². The molecule has 0 radical (unpaired) electrons. The summed E-state index contributed by atoms with van der Waals surface area (Å²) in [4.78, 5) is 26.1. The zero-order valence-electron chi connectivity index (χ0n) is 15.8. The second-order valence-electron chi connectivity index (χ2n) is 6.83. The highest BCUT2D eigenvalue weighted by Gasteiger charge is 2.39. The van der Waals surface area contributed by atoms with Gasteiger partial charge in [0, 0.05) is 25.2 Å². The molecule has 1 unspecified atom stereocenters. The molecule has 1 aromatic carbocycles. The number of benzene rings is 1. The van der Waals surface area contributed by atoms with E-state index < -0.39 is 17.5 Å². The van der Waals surface area contributed by atoms with Crippen molar-refractivity contribution >= 4 is 11.8 Å². The van der Waals surface area contributed by atoms with Crippen molar-refractivity contribution in [1.29, 1.82) is 0 Å². The van der Waals surface area contributed by atoms with Gasteiger partial charge in [-0.15, -0.1) is 13.2 Å². The van der Waals surface area contributed by atoms with Gasteiger partial charge in [-0.05, 0) is 44.0 Å². The Balaban J connectivity index is 2.09. The fraction of sp³-hybridized carbons (Fsp3) is 0.474. The average molecular weight is 400 g/mol. The Bertz CT molecular complexity index is 751. The number of halogens is 3. The lowest BCUT2D eigenvalue weighted by Crippen LogP contribution is -2.51. The highest BCUT2D eigenvalue weighted by Crippen LogP contribution is 2.31. The summed E-state index contributed by atoms with van der Waals surface area (Å²) in [5.74, 6) is -0.605. The number of alkyl halides is 3. The Morgan fingerprint density at radius 3 is 2.71 bits per heavy atom. The molecule has 6 nitrogen and oxygen atoms in total. The number of amides is 2. The predicted molar refractivity (Wildman–Crippen MR) is 95.6 cm³/mol. The smallest absolute Gasteiger partial charge is 0.496 e. The van der Waals surface area contributed by atoms with Crippen LogP contribution in [-0.2, 0) is 16.1 Å². The number of nitrogens with zero attached hydrogens (tertiary/aromatic N) is 1. The quantitative estimate of drug-likeness (QED) is 0.746. The van der Waals surface area contributed by atoms with Crippen LogP contribution >= 0.6 is 0 Å². The molecule has 1 fully saturated rings. The van der Waals surface area contributed by atoms with E-state index in [1.54, 1.807) is 11.8 Å². The highest BCUT2D eigenvalue weighted by molar-refractivity contribution is 5.89. The van der Waals surface area contributed by atoms with Crippen molar-refractivity contribution < 1.29 is 32.2 Å². The Morgan fingerprint density at radius 2 is 2.11 bits per heavy atom. The minimum absolute atomic E-state index is 0.0396. The van der Waals surface area contributed by atoms with E-state index in [2.05, 4.69) is 16.6 Å². The number of ether oxygens (including phenoxy) is 2. The molecule has 1 aromatic rings. The molecule has 0 spiro atoms. The normalized spacial score (nSPS) is 19.7. The second kappa shape index (κ2) is 8.53. The molecule has 2 amide bonds. The summed E-state index contributed by atoms with van der Waals surface area (Å²) in [7, 11) is 1.38. The molecular formula is C19H23F3N2O4. The van der Waals surface area contributed by atoms with E-state index >= 15 is 0 Å². The lowest BCUT2D eigenvalue weighted by Gasteiger charge is -2.39. The number of hydrogen-bond acceptors (Lipinski definition) is 4. The maximum Gasteiger partial charge on any atom is 0.573 e. The summed E-state index contributed by atoms with van der Waals surface area (Å²) in [5, 5.41) is 2.73. The number of methoxy groups -OCH3 is 1. The summed E-state index contributed by atoms with van der Waals surface area (Å²) in [6.07, 6.45) is -2.34. The van der Waals surface area contributed by atoms with Crippen molar-refractivity contribution in [2.24, 2.45) is 5.41 Å². The predicted octanol–water partition coefficient (Wildman–Crippen LogP) is 3.02. The van der Waals surface area contributed by atoms with E-state index in [-0.39, 0.29) is 24.9 Å². The molecule has 1 aliphatic heterocycles. The first kappa shape index (κ1) is 21.6. The molecule has 0 bridgehead atoms. The lowest BCUT2D eigenvalue weighted by molar-refractivity contribution is -0.274. The maximum atomic E-state index is 12.7. The number of likely N-dealkylation sites (tertiary alicyclic amines) is 1. The largest absolute Gasteiger partial charge is 0.573 e. The van der Waals surface area contributed by atoms with Gasteiger partial charge in [0.2, 0.25) is 11.8 Å². The zero-order valence-corrected chi connectivity index (χ0v) is 15.8. The van der Waals surface area contributed by atoms with Crippen LogP contribution in [0, 0.1) is 5.41 Å². The van der Waals surface area contributed by atoms with Crippen LogP contribution in [0.15, 0.2) is 30.9 Å². The molecule has 2 rings (SSSR count). The van der Waals surface area contributed by atoms with Gasteiger partial charge in [-0.25, -0.2) is 0 Å². The average Bonchev–Trinajstić information content (AvgIpc) is 2.64. The van der Waals surface area contributed by atoms with Gasteiger partial charge < -0.3 is 19.7 Å². The summed E-state index contributed by atoms with van der Waals surface area (Å²) in [6.45, 7) is 5.98. The minimum Gasteiger partial charge on any atom is -0.496 e. The minimum atomic E-state index is -4.81. The number of hydrogen-bond donors (Lipinski definition) is 1. The van der Waals surface area contributed by atoms with Crippen LogP contribution in [0.5, 0.6) is 11.5 Å². The number of nitrogens with one attached hydrogen (secondary N) is 1. The van der Waals surface area contributed by atoms with Crippen molar-refractivity contribution in [3.63, 3.8) is 0 Å². The van der Waals surface area contributed by atoms with E-state index in [1.165, 1.54) is 25.3 Å². The zero-order chi connectivity index (χ0) is 20.9. The summed E-state index contributed by atoms with van der Waals surface area (Å²) >= 11 is 0. The standard InChI is InChI=1S/C19H23F3N2O4/c1-4-16(25)24-9-5-8-18(2,12-24)17(26)23-11-13-10-14(28-19(20,21)22)6-7-15(13)27-3/h4,6-7,10H,1,5,8-9,11-12H2,2-3H3,(H,23,26). The molecule has 0 aromatic heterocycles. The van der Waals surface area contributed by atoms with Crippen LogP contribution in [0.1, 0.15) is 25.3 Å². The number of carbonyl (C=O) groups is 2. The van der Waals surface area contributed by atoms with Gasteiger partial charge in [0.05, 0.1) is 12.5 Å². The fourth-order valence-corrected chi connectivity index (χ4v) is 3.22. The first-order valence-electron chi connectivity index (χ1n) is 8.70. The van der Waals surface area contributed by atoms with Gasteiger partial charge in [-0.2, -0.15) is 0 Å². The van der Waals surface area contributed by atoms with Crippen molar-refractivity contribution in [3.05, 3.63) is 36.4 Å². The third-order valence-electron chi connectivity index (χ3n) is 4.66. The molecule has 1 saturated heterocycles. The summed E-state index contributed by atoms with van der Waals surface area (Å²) in [5.41, 5.74) is -0.458. The first-order valence-corrected chi connectivity index (χ1v) is 8.70. The van der Waals surface area contributed by atoms with Gasteiger partial charge in [0.25, 0.3) is 0 Å². The topological polar surface area (TPSA) is 67.9 Å². The van der Waals surface area contributed by atoms with Crippen LogP contribution in [0.2, 0.25) is 0 Å². The molecule has 1 aliphatic rings. The number of carbonyl (C=O) groups excluding carboxylic acids is 2. The van der Waals surface area contributed by atoms with Gasteiger partial charge in [0.1, 0.15) is 11.5 Å². The Labute approximate surface area is 161 Å². The molecule has 1 N–H and O–H groups in total. The van der Waals surface area contributed by atoms with Crippen molar-refractivity contribution in [3.8, 4) is 11.5 Å². The molecule has 0 saturated carbocycles. The van der Waals surface area contributed by atoms with Crippen LogP contribution in [-0.4, -0.2) is 43.3 Å². The molecule has 154 valence electrons. The van der Waals surface area contributed by atoms with Gasteiger partial charge in [-0.3, -0.25) is 9.59 Å². The van der Waals surface area contributed by atoms with Gasteiger partial charge >= 0.3 is 6.36 Å². The molecule has 1 atom stereocenters. The number of rotatable bonds is 6.